The lowest BCUT2D eigenvalue weighted by molar-refractivity contribution is -0.904. The molecule has 0 aromatic carbocycles. The van der Waals surface area contributed by atoms with E-state index in [-0.39, 0.29) is 23.2 Å². The summed E-state index contributed by atoms with van der Waals surface area (Å²) in [5, 5.41) is 13.7. The molecule has 0 bridgehead atoms. The molecular weight excluding hydrogens is 405 g/mol. The molecule has 0 atom stereocenters. The summed E-state index contributed by atoms with van der Waals surface area (Å²) in [6.45, 7) is 2.11. The summed E-state index contributed by atoms with van der Waals surface area (Å²) in [7, 11) is 0. The Morgan fingerprint density at radius 3 is 2.81 bits per heavy atom. The first kappa shape index (κ1) is 21.4. The van der Waals surface area contributed by atoms with E-state index in [9.17, 15) is 23.2 Å². The molecule has 0 aliphatic rings. The first-order valence-electron chi connectivity index (χ1n) is 8.12. The van der Waals surface area contributed by atoms with Gasteiger partial charge in [0.1, 0.15) is 11.4 Å². The number of hydrogen-bond acceptors (Lipinski definition) is 4. The molecule has 2 heterocycles. The van der Waals surface area contributed by atoms with Crippen molar-refractivity contribution in [2.45, 2.75) is 25.9 Å². The van der Waals surface area contributed by atoms with Gasteiger partial charge in [0.25, 0.3) is 0 Å². The van der Waals surface area contributed by atoms with E-state index in [0.29, 0.717) is 23.7 Å². The predicted octanol–water partition coefficient (Wildman–Crippen LogP) is 3.48. The number of aromatic nitrogens is 3. The lowest BCUT2D eigenvalue weighted by Gasteiger charge is -2.19. The number of pyridine rings is 1. The monoisotopic (exact) mass is 423 g/mol. The van der Waals surface area contributed by atoms with Crippen molar-refractivity contribution in [2.24, 2.45) is 0 Å². The maximum Gasteiger partial charge on any atom is 0.389 e. The molecule has 6 nitrogen and oxygen atoms in total. The zero-order valence-electron chi connectivity index (χ0n) is 14.5. The lowest BCUT2D eigenvalue weighted by atomic mass is 10.3. The number of carbonyl (C=O) groups is 1. The van der Waals surface area contributed by atoms with Gasteiger partial charge in [0.05, 0.1) is 12.6 Å². The third kappa shape index (κ3) is 6.31. The van der Waals surface area contributed by atoms with E-state index in [4.69, 9.17) is 11.6 Å². The number of halogens is 4. The average molecular weight is 424 g/mol. The third-order valence-corrected chi connectivity index (χ3v) is 4.84. The molecule has 0 radical (unpaired) electrons. The molecule has 0 saturated heterocycles. The molecule has 0 fully saturated rings. The fraction of sp³-hybridized carbons (Fsp3) is 0.438. The van der Waals surface area contributed by atoms with Crippen LogP contribution in [0.3, 0.4) is 0 Å². The van der Waals surface area contributed by atoms with Gasteiger partial charge in [-0.3, -0.25) is 10.0 Å². The molecule has 148 valence electrons. The van der Waals surface area contributed by atoms with E-state index < -0.39 is 12.6 Å². The second-order valence-electron chi connectivity index (χ2n) is 5.56. The van der Waals surface area contributed by atoms with Crippen LogP contribution in [0.15, 0.2) is 30.7 Å². The quantitative estimate of drug-likeness (QED) is 0.401. The van der Waals surface area contributed by atoms with Gasteiger partial charge in [-0.25, -0.2) is 4.68 Å². The summed E-state index contributed by atoms with van der Waals surface area (Å²) in [5.41, 5.74) is 0.942. The molecule has 2 rings (SSSR count). The van der Waals surface area contributed by atoms with Crippen molar-refractivity contribution in [2.75, 3.05) is 23.0 Å². The fourth-order valence-electron chi connectivity index (χ4n) is 2.31. The zero-order valence-corrected chi connectivity index (χ0v) is 16.1. The van der Waals surface area contributed by atoms with Gasteiger partial charge in [-0.2, -0.15) is 30.0 Å². The van der Waals surface area contributed by atoms with E-state index in [1.807, 2.05) is 0 Å². The average Bonchev–Trinajstić information content (AvgIpc) is 2.96. The molecule has 27 heavy (non-hydrogen) atoms. The molecule has 1 amide bonds. The normalized spacial score (nSPS) is 11.6. The van der Waals surface area contributed by atoms with E-state index in [1.54, 1.807) is 25.3 Å². The van der Waals surface area contributed by atoms with Crippen molar-refractivity contribution >= 4 is 35.0 Å². The number of amides is 1. The Bertz CT molecular complexity index is 785. The summed E-state index contributed by atoms with van der Waals surface area (Å²) in [5.74, 6) is -0.0272. The van der Waals surface area contributed by atoms with Crippen LogP contribution in [-0.4, -0.2) is 45.1 Å². The second kappa shape index (κ2) is 9.32. The third-order valence-electron chi connectivity index (χ3n) is 3.58. The van der Waals surface area contributed by atoms with Gasteiger partial charge in [-0.15, -0.1) is 0 Å². The van der Waals surface area contributed by atoms with Gasteiger partial charge < -0.3 is 4.90 Å². The van der Waals surface area contributed by atoms with E-state index >= 15 is 0 Å². The van der Waals surface area contributed by atoms with Crippen molar-refractivity contribution in [1.29, 1.82) is 0 Å². The minimum absolute atomic E-state index is 0.0727. The van der Waals surface area contributed by atoms with Gasteiger partial charge >= 0.3 is 6.18 Å². The van der Waals surface area contributed by atoms with Crippen LogP contribution in [0, 0.1) is 0 Å². The Kier molecular flexibility index (Phi) is 7.37. The highest BCUT2D eigenvalue weighted by atomic mass is 35.5. The smallest absolute Gasteiger partial charge is 0.308 e. The van der Waals surface area contributed by atoms with Gasteiger partial charge in [-0.05, 0) is 13.0 Å². The largest absolute Gasteiger partial charge is 0.389 e. The minimum Gasteiger partial charge on any atom is -0.308 e. The van der Waals surface area contributed by atoms with Crippen LogP contribution >= 0.6 is 23.4 Å². The number of rotatable bonds is 8. The number of thioether (sulfide) groups is 1. The van der Waals surface area contributed by atoms with Crippen LogP contribution in [0.2, 0.25) is 5.15 Å². The van der Waals surface area contributed by atoms with Crippen molar-refractivity contribution in [3.8, 4) is 5.69 Å². The summed E-state index contributed by atoms with van der Waals surface area (Å²) in [6, 6.07) is 3.32. The van der Waals surface area contributed by atoms with E-state index in [0.717, 1.165) is 16.5 Å². The summed E-state index contributed by atoms with van der Waals surface area (Å²) >= 11 is 7.25. The maximum absolute atomic E-state index is 12.4. The van der Waals surface area contributed by atoms with Gasteiger partial charge in [0.2, 0.25) is 18.3 Å². The highest BCUT2D eigenvalue weighted by molar-refractivity contribution is 7.99. The van der Waals surface area contributed by atoms with Crippen LogP contribution in [0.1, 0.15) is 19.8 Å². The highest BCUT2D eigenvalue weighted by Gasteiger charge is 2.26. The number of hydrogen-bond donors (Lipinski definition) is 1. The molecule has 0 unspecified atom stereocenters. The molecule has 1 N–H and O–H groups in total. The summed E-state index contributed by atoms with van der Waals surface area (Å²) in [4.78, 5) is 13.9. The summed E-state index contributed by atoms with van der Waals surface area (Å²) < 4.78 is 38.7. The molecule has 11 heteroatoms. The second-order valence-corrected chi connectivity index (χ2v) is 7.14. The van der Waals surface area contributed by atoms with E-state index in [1.165, 1.54) is 22.0 Å². The fourth-order valence-corrected chi connectivity index (χ4v) is 3.44. The Balaban J connectivity index is 2.01. The standard InChI is InChI=1S/C16H19ClF3N4O2S/c1-2-23(14(25)5-8-27-9-6-16(18,19)20)13-11-24(21-15(13)17)12-4-3-7-22(26)10-12/h3-4,7,10-11,26H,2,5-6,8-9H2,1H3/q+1. The molecule has 0 spiro atoms. The SMILES string of the molecule is CCN(C(=O)CCSCCC(F)(F)F)c1cn(-c2ccc[n+](O)c2)nc1Cl. The van der Waals surface area contributed by atoms with Gasteiger partial charge in [0, 0.05) is 35.3 Å². The number of nitrogens with zero attached hydrogens (tertiary/aromatic N) is 4. The topological polar surface area (TPSA) is 62.2 Å². The van der Waals surface area contributed by atoms with Crippen LogP contribution in [0.4, 0.5) is 18.9 Å². The van der Waals surface area contributed by atoms with Crippen molar-refractivity contribution in [3.05, 3.63) is 35.9 Å². The van der Waals surface area contributed by atoms with Crippen LogP contribution in [0.25, 0.3) is 5.69 Å². The van der Waals surface area contributed by atoms with E-state index in [2.05, 4.69) is 5.10 Å². The Morgan fingerprint density at radius 1 is 1.44 bits per heavy atom. The highest BCUT2D eigenvalue weighted by Crippen LogP contribution is 2.27. The summed E-state index contributed by atoms with van der Waals surface area (Å²) in [6.07, 6.45) is -0.533. The van der Waals surface area contributed by atoms with Crippen molar-refractivity contribution in [1.82, 2.24) is 9.78 Å². The van der Waals surface area contributed by atoms with Crippen LogP contribution in [-0.2, 0) is 4.79 Å². The van der Waals surface area contributed by atoms with Crippen LogP contribution in [0.5, 0.6) is 0 Å². The van der Waals surface area contributed by atoms with Crippen molar-refractivity contribution in [3.63, 3.8) is 0 Å². The van der Waals surface area contributed by atoms with Crippen LogP contribution < -0.4 is 9.63 Å². The number of anilines is 1. The molecular formula is C16H19ClF3N4O2S+. The zero-order chi connectivity index (χ0) is 20.0. The molecule has 0 aliphatic heterocycles. The minimum atomic E-state index is -4.18. The molecule has 0 aliphatic carbocycles. The lowest BCUT2D eigenvalue weighted by Crippen LogP contribution is -2.31. The first-order chi connectivity index (χ1) is 12.7. The first-order valence-corrected chi connectivity index (χ1v) is 9.65. The number of carbonyl (C=O) groups excluding carboxylic acids is 1. The van der Waals surface area contributed by atoms with Crippen molar-refractivity contribution < 1.29 is 27.9 Å². The Morgan fingerprint density at radius 2 is 2.19 bits per heavy atom. The Labute approximate surface area is 163 Å². The number of alkyl halides is 3. The molecule has 0 saturated carbocycles. The molecule has 2 aromatic rings. The predicted molar refractivity (Wildman–Crippen MR) is 96.6 cm³/mol. The van der Waals surface area contributed by atoms with Gasteiger partial charge in [0.15, 0.2) is 5.15 Å². The van der Waals surface area contributed by atoms with Gasteiger partial charge in [-0.1, -0.05) is 11.6 Å². The Hall–Kier alpha value is -1.94. The maximum atomic E-state index is 12.4. The molecule has 2 aromatic heterocycles.